The average molecular weight is 412 g/mol. The predicted octanol–water partition coefficient (Wildman–Crippen LogP) is -1.17. The summed E-state index contributed by atoms with van der Waals surface area (Å²) in [6, 6.07) is 5.26. The van der Waals surface area contributed by atoms with Crippen molar-refractivity contribution in [1.29, 1.82) is 0 Å². The monoisotopic (exact) mass is 412 g/mol. The van der Waals surface area contributed by atoms with Gasteiger partial charge < -0.3 is 21.1 Å². The van der Waals surface area contributed by atoms with Crippen molar-refractivity contribution in [3.05, 3.63) is 35.4 Å². The van der Waals surface area contributed by atoms with Crippen molar-refractivity contribution in [2.45, 2.75) is 25.4 Å². The van der Waals surface area contributed by atoms with Gasteiger partial charge in [-0.1, -0.05) is 11.8 Å². The Hall–Kier alpha value is -3.37. The molecule has 1 heterocycles. The number of aliphatic hydroxyl groups excluding tert-OH is 1. The molecule has 1 fully saturated rings. The molecule has 1 aliphatic heterocycles. The van der Waals surface area contributed by atoms with E-state index in [9.17, 15) is 14.4 Å². The first kappa shape index (κ1) is 22.9. The Labute approximate surface area is 174 Å². The van der Waals surface area contributed by atoms with E-state index >= 15 is 0 Å². The number of hydroxylamine groups is 1. The molecule has 1 aromatic rings. The van der Waals surface area contributed by atoms with Gasteiger partial charge in [-0.3, -0.25) is 19.6 Å². The molecule has 0 saturated carbocycles. The summed E-state index contributed by atoms with van der Waals surface area (Å²) in [6.07, 6.45) is 0. The van der Waals surface area contributed by atoms with Gasteiger partial charge in [-0.05, 0) is 50.0 Å². The van der Waals surface area contributed by atoms with Gasteiger partial charge in [-0.15, -0.1) is 0 Å². The highest BCUT2D eigenvalue weighted by Crippen LogP contribution is 2.14. The molecule has 9 heteroatoms. The number of nitrogens with one attached hydrogen (secondary N) is 2. The molecule has 9 nitrogen and oxygen atoms in total. The molecule has 0 spiro atoms. The van der Waals surface area contributed by atoms with E-state index in [2.05, 4.69) is 29.0 Å². The second-order valence-corrected chi connectivity index (χ2v) is 7.45. The number of benzene rings is 1. The summed E-state index contributed by atoms with van der Waals surface area (Å²) in [5.41, 5.74) is 7.25. The Morgan fingerprint density at radius 1 is 1.23 bits per heavy atom. The predicted molar refractivity (Wildman–Crippen MR) is 108 cm³/mol. The van der Waals surface area contributed by atoms with Crippen molar-refractivity contribution >= 4 is 17.7 Å². The normalized spacial score (nSPS) is 14.2. The van der Waals surface area contributed by atoms with Gasteiger partial charge in [-0.25, -0.2) is 5.48 Å². The van der Waals surface area contributed by atoms with E-state index in [4.69, 9.17) is 16.0 Å². The third-order valence-electron chi connectivity index (χ3n) is 4.45. The molecule has 0 unspecified atom stereocenters. The van der Waals surface area contributed by atoms with Gasteiger partial charge in [0.1, 0.15) is 12.6 Å². The number of hydrogen-bond acceptors (Lipinski definition) is 6. The fourth-order valence-electron chi connectivity index (χ4n) is 2.69. The third kappa shape index (κ3) is 6.06. The zero-order valence-corrected chi connectivity index (χ0v) is 16.7. The second kappa shape index (κ2) is 9.90. The number of aliphatic hydroxyl groups is 1. The van der Waals surface area contributed by atoms with Gasteiger partial charge in [0.15, 0.2) is 0 Å². The number of hydrogen-bond donors (Lipinski definition) is 5. The van der Waals surface area contributed by atoms with Crippen LogP contribution in [0, 0.1) is 29.6 Å². The topological polar surface area (TPSA) is 145 Å². The molecule has 0 bridgehead atoms. The smallest absolute Gasteiger partial charge is 0.267 e. The molecule has 0 aliphatic carbocycles. The van der Waals surface area contributed by atoms with Crippen LogP contribution in [0.25, 0.3) is 0 Å². The van der Waals surface area contributed by atoms with Gasteiger partial charge in [0.2, 0.25) is 5.91 Å². The fourth-order valence-corrected chi connectivity index (χ4v) is 2.69. The zero-order chi connectivity index (χ0) is 22.3. The molecular formula is C21H24N4O5. The van der Waals surface area contributed by atoms with Crippen molar-refractivity contribution in [1.82, 2.24) is 15.7 Å². The first-order valence-corrected chi connectivity index (χ1v) is 9.19. The molecule has 1 atom stereocenters. The lowest BCUT2D eigenvalue weighted by molar-refractivity contribution is -0.139. The standard InChI is InChI=1S/C21H24N4O5/c1-21(2,22)18(20(29)24-30)23-19(28)16-9-7-14(8-10-16)5-3-4-6-15-11-25(12-15)17(27)13-26/h7-10,15,18,26,30H,11-13,22H2,1-2H3,(H,23,28)(H,24,29)/t18-/m1/s1. The summed E-state index contributed by atoms with van der Waals surface area (Å²) in [7, 11) is 0. The second-order valence-electron chi connectivity index (χ2n) is 7.45. The van der Waals surface area contributed by atoms with Crippen LogP contribution >= 0.6 is 0 Å². The zero-order valence-electron chi connectivity index (χ0n) is 16.7. The van der Waals surface area contributed by atoms with Gasteiger partial charge >= 0.3 is 0 Å². The first-order valence-electron chi connectivity index (χ1n) is 9.19. The van der Waals surface area contributed by atoms with Crippen LogP contribution in [0.1, 0.15) is 29.8 Å². The number of amides is 3. The Balaban J connectivity index is 1.94. The number of nitrogens with zero attached hydrogens (tertiary/aromatic N) is 1. The van der Waals surface area contributed by atoms with E-state index in [1.54, 1.807) is 38.1 Å². The summed E-state index contributed by atoms with van der Waals surface area (Å²) in [5, 5.41) is 20.1. The van der Waals surface area contributed by atoms with Crippen molar-refractivity contribution < 1.29 is 24.7 Å². The lowest BCUT2D eigenvalue weighted by atomic mass is 9.95. The molecule has 1 aliphatic rings. The molecule has 0 aromatic heterocycles. The van der Waals surface area contributed by atoms with E-state index in [0.29, 0.717) is 24.2 Å². The summed E-state index contributed by atoms with van der Waals surface area (Å²) in [6.45, 7) is 3.60. The van der Waals surface area contributed by atoms with Crippen molar-refractivity contribution in [3.8, 4) is 23.7 Å². The van der Waals surface area contributed by atoms with Gasteiger partial charge in [0, 0.05) is 29.8 Å². The van der Waals surface area contributed by atoms with Crippen LogP contribution in [-0.2, 0) is 9.59 Å². The maximum Gasteiger partial charge on any atom is 0.267 e. The Bertz CT molecular complexity index is 923. The summed E-state index contributed by atoms with van der Waals surface area (Å²) >= 11 is 0. The van der Waals surface area contributed by atoms with Crippen LogP contribution in [0.15, 0.2) is 24.3 Å². The van der Waals surface area contributed by atoms with E-state index in [-0.39, 0.29) is 11.8 Å². The van der Waals surface area contributed by atoms with Crippen molar-refractivity contribution in [2.75, 3.05) is 19.7 Å². The van der Waals surface area contributed by atoms with Crippen LogP contribution < -0.4 is 16.5 Å². The summed E-state index contributed by atoms with van der Waals surface area (Å²) < 4.78 is 0. The van der Waals surface area contributed by atoms with Crippen molar-refractivity contribution in [2.24, 2.45) is 11.7 Å². The lowest BCUT2D eigenvalue weighted by Crippen LogP contribution is -2.61. The maximum absolute atomic E-state index is 12.4. The fraction of sp³-hybridized carbons (Fsp3) is 0.381. The van der Waals surface area contributed by atoms with Crippen LogP contribution in [0.5, 0.6) is 0 Å². The molecule has 6 N–H and O–H groups in total. The molecule has 30 heavy (non-hydrogen) atoms. The van der Waals surface area contributed by atoms with Gasteiger partial charge in [0.25, 0.3) is 11.8 Å². The van der Waals surface area contributed by atoms with E-state index in [1.165, 1.54) is 10.4 Å². The van der Waals surface area contributed by atoms with E-state index in [0.717, 1.165) is 0 Å². The van der Waals surface area contributed by atoms with Crippen LogP contribution in [0.3, 0.4) is 0 Å². The molecule has 2 rings (SSSR count). The first-order chi connectivity index (χ1) is 14.2. The Morgan fingerprint density at radius 2 is 1.87 bits per heavy atom. The minimum absolute atomic E-state index is 0.0525. The Kier molecular flexibility index (Phi) is 7.56. The third-order valence-corrected chi connectivity index (χ3v) is 4.45. The largest absolute Gasteiger partial charge is 0.387 e. The van der Waals surface area contributed by atoms with Crippen molar-refractivity contribution in [3.63, 3.8) is 0 Å². The minimum Gasteiger partial charge on any atom is -0.387 e. The molecule has 1 aromatic carbocycles. The van der Waals surface area contributed by atoms with Crippen LogP contribution in [-0.4, -0.2) is 64.2 Å². The highest BCUT2D eigenvalue weighted by Gasteiger charge is 2.33. The van der Waals surface area contributed by atoms with Crippen LogP contribution in [0.4, 0.5) is 0 Å². The van der Waals surface area contributed by atoms with E-state index in [1.807, 2.05) is 0 Å². The number of rotatable bonds is 5. The molecule has 158 valence electrons. The number of carbonyl (C=O) groups is 3. The van der Waals surface area contributed by atoms with Gasteiger partial charge in [0.05, 0.1) is 5.92 Å². The number of carbonyl (C=O) groups excluding carboxylic acids is 3. The minimum atomic E-state index is -1.13. The quantitative estimate of drug-likeness (QED) is 0.234. The average Bonchev–Trinajstić information content (AvgIpc) is 2.68. The maximum atomic E-state index is 12.4. The van der Waals surface area contributed by atoms with Gasteiger partial charge in [-0.2, -0.15) is 0 Å². The highest BCUT2D eigenvalue weighted by molar-refractivity contribution is 5.97. The summed E-state index contributed by atoms with van der Waals surface area (Å²) in [4.78, 5) is 36.9. The molecule has 0 radical (unpaired) electrons. The lowest BCUT2D eigenvalue weighted by Gasteiger charge is -2.35. The summed E-state index contributed by atoms with van der Waals surface area (Å²) in [5.74, 6) is 9.68. The van der Waals surface area contributed by atoms with Crippen LogP contribution in [0.2, 0.25) is 0 Å². The molecule has 1 saturated heterocycles. The Morgan fingerprint density at radius 3 is 2.40 bits per heavy atom. The van der Waals surface area contributed by atoms with E-state index < -0.39 is 30.0 Å². The molecule has 3 amide bonds. The number of nitrogens with two attached hydrogens (primary N) is 1. The SMILES string of the molecule is CC(C)(N)[C@H](NC(=O)c1ccc(C#CC#CC2CN(C(=O)CO)C2)cc1)C(=O)NO. The molecular weight excluding hydrogens is 388 g/mol. The highest BCUT2D eigenvalue weighted by atomic mass is 16.5. The number of likely N-dealkylation sites (tertiary alicyclic amines) is 1.